The molecule has 1 aromatic carbocycles. The first-order valence-electron chi connectivity index (χ1n) is 5.56. The highest BCUT2D eigenvalue weighted by atomic mass is 79.9. The lowest BCUT2D eigenvalue weighted by atomic mass is 10.2. The summed E-state index contributed by atoms with van der Waals surface area (Å²) in [5.74, 6) is 1.03. The van der Waals surface area contributed by atoms with Gasteiger partial charge in [-0.15, -0.1) is 0 Å². The number of hydrogen-bond acceptors (Lipinski definition) is 4. The lowest BCUT2D eigenvalue weighted by molar-refractivity contribution is 0.102. The number of nitrogens with one attached hydrogen (secondary N) is 1. The molecule has 0 atom stereocenters. The van der Waals surface area contributed by atoms with Gasteiger partial charge in [-0.3, -0.25) is 4.79 Å². The second-order valence-electron chi connectivity index (χ2n) is 3.87. The van der Waals surface area contributed by atoms with Crippen molar-refractivity contribution in [1.29, 1.82) is 0 Å². The predicted octanol–water partition coefficient (Wildman–Crippen LogP) is 2.83. The predicted molar refractivity (Wildman–Crippen MR) is 72.5 cm³/mol. The van der Waals surface area contributed by atoms with Crippen LogP contribution in [0.15, 0.2) is 41.0 Å². The van der Waals surface area contributed by atoms with Gasteiger partial charge in [0.25, 0.3) is 5.91 Å². The minimum atomic E-state index is -0.278. The maximum absolute atomic E-state index is 12.0. The van der Waals surface area contributed by atoms with Crippen molar-refractivity contribution in [3.05, 3.63) is 46.7 Å². The summed E-state index contributed by atoms with van der Waals surface area (Å²) >= 11 is 3.23. The molecular weight excluding hydrogens is 312 g/mol. The van der Waals surface area contributed by atoms with Gasteiger partial charge in [0, 0.05) is 11.8 Å². The molecular formula is C13H9BrN2O3. The molecule has 0 saturated carbocycles. The summed E-state index contributed by atoms with van der Waals surface area (Å²) in [5, 5.41) is 2.76. The average molecular weight is 321 g/mol. The van der Waals surface area contributed by atoms with Crippen LogP contribution in [-0.2, 0) is 0 Å². The molecule has 0 unspecified atom stereocenters. The minimum Gasteiger partial charge on any atom is -0.454 e. The van der Waals surface area contributed by atoms with Crippen LogP contribution >= 0.6 is 15.9 Å². The van der Waals surface area contributed by atoms with Gasteiger partial charge in [0.2, 0.25) is 6.79 Å². The molecule has 2 heterocycles. The highest BCUT2D eigenvalue weighted by Gasteiger charge is 2.15. The van der Waals surface area contributed by atoms with E-state index in [4.69, 9.17) is 9.47 Å². The van der Waals surface area contributed by atoms with Crippen LogP contribution in [0.1, 0.15) is 10.5 Å². The average Bonchev–Trinajstić information content (AvgIpc) is 2.86. The van der Waals surface area contributed by atoms with Crippen LogP contribution < -0.4 is 14.8 Å². The van der Waals surface area contributed by atoms with E-state index < -0.39 is 0 Å². The van der Waals surface area contributed by atoms with Crippen LogP contribution in [0.5, 0.6) is 11.5 Å². The van der Waals surface area contributed by atoms with Gasteiger partial charge in [-0.25, -0.2) is 4.98 Å². The van der Waals surface area contributed by atoms with Crippen molar-refractivity contribution in [1.82, 2.24) is 4.98 Å². The molecule has 2 aromatic rings. The topological polar surface area (TPSA) is 60.5 Å². The molecule has 0 aliphatic carbocycles. The van der Waals surface area contributed by atoms with Gasteiger partial charge in [0.05, 0.1) is 0 Å². The second kappa shape index (κ2) is 4.89. The number of nitrogens with zero attached hydrogens (tertiary/aromatic N) is 1. The number of rotatable bonds is 2. The zero-order valence-electron chi connectivity index (χ0n) is 9.72. The van der Waals surface area contributed by atoms with Crippen LogP contribution in [0.4, 0.5) is 5.69 Å². The number of anilines is 1. The highest BCUT2D eigenvalue weighted by Crippen LogP contribution is 2.34. The molecule has 0 radical (unpaired) electrons. The Morgan fingerprint density at radius 3 is 2.89 bits per heavy atom. The molecule has 1 aliphatic rings. The number of carbonyl (C=O) groups is 1. The number of pyridine rings is 1. The summed E-state index contributed by atoms with van der Waals surface area (Å²) in [6.45, 7) is 0.208. The number of amides is 1. The second-order valence-corrected chi connectivity index (χ2v) is 4.68. The molecule has 6 heteroatoms. The van der Waals surface area contributed by atoms with Crippen LogP contribution in [0.25, 0.3) is 0 Å². The fourth-order valence-corrected chi connectivity index (χ4v) is 2.05. The van der Waals surface area contributed by atoms with Crippen LogP contribution in [0, 0.1) is 0 Å². The Bertz CT molecular complexity index is 646. The zero-order valence-corrected chi connectivity index (χ0v) is 11.3. The minimum absolute atomic E-state index is 0.208. The Morgan fingerprint density at radius 2 is 2.05 bits per heavy atom. The van der Waals surface area contributed by atoms with E-state index in [9.17, 15) is 4.79 Å². The number of halogens is 1. The first-order valence-corrected chi connectivity index (χ1v) is 6.35. The largest absolute Gasteiger partial charge is 0.454 e. The summed E-state index contributed by atoms with van der Waals surface area (Å²) < 4.78 is 11.1. The fraction of sp³-hybridized carbons (Fsp3) is 0.0769. The van der Waals surface area contributed by atoms with E-state index in [-0.39, 0.29) is 12.7 Å². The summed E-state index contributed by atoms with van der Waals surface area (Å²) in [7, 11) is 0. The Morgan fingerprint density at radius 1 is 1.21 bits per heavy atom. The van der Waals surface area contributed by atoms with Crippen molar-refractivity contribution < 1.29 is 14.3 Å². The summed E-state index contributed by atoms with van der Waals surface area (Å²) in [6.07, 6.45) is 0. The van der Waals surface area contributed by atoms with E-state index in [1.165, 1.54) is 0 Å². The maximum Gasteiger partial charge on any atom is 0.274 e. The third-order valence-corrected chi connectivity index (χ3v) is 3.02. The van der Waals surface area contributed by atoms with Gasteiger partial charge < -0.3 is 14.8 Å². The van der Waals surface area contributed by atoms with E-state index in [1.807, 2.05) is 0 Å². The van der Waals surface area contributed by atoms with E-state index >= 15 is 0 Å². The maximum atomic E-state index is 12.0. The quantitative estimate of drug-likeness (QED) is 0.864. The van der Waals surface area contributed by atoms with E-state index in [2.05, 4.69) is 26.2 Å². The monoisotopic (exact) mass is 320 g/mol. The Labute approximate surface area is 117 Å². The number of fused-ring (bicyclic) bond motifs is 1. The van der Waals surface area contributed by atoms with Gasteiger partial charge in [-0.1, -0.05) is 6.07 Å². The molecule has 1 aliphatic heterocycles. The van der Waals surface area contributed by atoms with Crippen LogP contribution in [0.3, 0.4) is 0 Å². The van der Waals surface area contributed by atoms with Crippen molar-refractivity contribution in [2.45, 2.75) is 0 Å². The third kappa shape index (κ3) is 2.53. The van der Waals surface area contributed by atoms with Gasteiger partial charge in [0.15, 0.2) is 11.5 Å². The lowest BCUT2D eigenvalue weighted by Gasteiger charge is -2.05. The molecule has 1 amide bonds. The molecule has 96 valence electrons. The Hall–Kier alpha value is -2.08. The van der Waals surface area contributed by atoms with E-state index in [0.717, 1.165) is 0 Å². The van der Waals surface area contributed by atoms with Crippen LogP contribution in [-0.4, -0.2) is 17.7 Å². The smallest absolute Gasteiger partial charge is 0.274 e. The molecule has 5 nitrogen and oxygen atoms in total. The van der Waals surface area contributed by atoms with Crippen molar-refractivity contribution in [3.8, 4) is 11.5 Å². The standard InChI is InChI=1S/C13H9BrN2O3/c14-12-3-1-2-9(16-12)13(17)15-8-4-5-10-11(6-8)19-7-18-10/h1-6H,7H2,(H,15,17). The van der Waals surface area contributed by atoms with Crippen molar-refractivity contribution >= 4 is 27.5 Å². The van der Waals surface area contributed by atoms with Gasteiger partial charge >= 0.3 is 0 Å². The number of aromatic nitrogens is 1. The number of carbonyl (C=O) groups excluding carboxylic acids is 1. The van der Waals surface area contributed by atoms with Gasteiger partial charge in [-0.2, -0.15) is 0 Å². The molecule has 0 saturated heterocycles. The first kappa shape index (κ1) is 12.0. The van der Waals surface area contributed by atoms with Gasteiger partial charge in [-0.05, 0) is 40.2 Å². The van der Waals surface area contributed by atoms with Crippen molar-refractivity contribution in [2.24, 2.45) is 0 Å². The zero-order chi connectivity index (χ0) is 13.2. The molecule has 1 N–H and O–H groups in total. The fourth-order valence-electron chi connectivity index (χ4n) is 1.70. The Kier molecular flexibility index (Phi) is 3.08. The van der Waals surface area contributed by atoms with Crippen LogP contribution in [0.2, 0.25) is 0 Å². The molecule has 0 fully saturated rings. The van der Waals surface area contributed by atoms with Gasteiger partial charge in [0.1, 0.15) is 10.3 Å². The number of benzene rings is 1. The summed E-state index contributed by atoms with van der Waals surface area (Å²) in [5.41, 5.74) is 0.975. The Balaban J connectivity index is 1.80. The number of hydrogen-bond donors (Lipinski definition) is 1. The molecule has 19 heavy (non-hydrogen) atoms. The summed E-state index contributed by atoms with van der Waals surface area (Å²) in [4.78, 5) is 16.1. The SMILES string of the molecule is O=C(Nc1ccc2c(c1)OCO2)c1cccc(Br)n1. The lowest BCUT2D eigenvalue weighted by Crippen LogP contribution is -2.13. The molecule has 1 aromatic heterocycles. The summed E-state index contributed by atoms with van der Waals surface area (Å²) in [6, 6.07) is 10.4. The molecule has 0 bridgehead atoms. The van der Waals surface area contributed by atoms with E-state index in [0.29, 0.717) is 27.5 Å². The van der Waals surface area contributed by atoms with Crippen molar-refractivity contribution in [3.63, 3.8) is 0 Å². The normalized spacial score (nSPS) is 12.3. The first-order chi connectivity index (χ1) is 9.22. The molecule has 3 rings (SSSR count). The van der Waals surface area contributed by atoms with Crippen molar-refractivity contribution in [2.75, 3.05) is 12.1 Å². The highest BCUT2D eigenvalue weighted by molar-refractivity contribution is 9.10. The van der Waals surface area contributed by atoms with E-state index in [1.54, 1.807) is 36.4 Å². The third-order valence-electron chi connectivity index (χ3n) is 2.58. The molecule has 0 spiro atoms. The number of ether oxygens (including phenoxy) is 2.